The summed E-state index contributed by atoms with van der Waals surface area (Å²) in [6.45, 7) is 1.80. The van der Waals surface area contributed by atoms with Crippen molar-refractivity contribution >= 4 is 26.5 Å². The maximum atomic E-state index is 12.0. The van der Waals surface area contributed by atoms with Gasteiger partial charge in [-0.15, -0.1) is 0 Å². The van der Waals surface area contributed by atoms with Crippen LogP contribution in [0.2, 0.25) is 0 Å². The minimum Gasteiger partial charge on any atom is -0.375 e. The number of pyridine rings is 1. The fourth-order valence-corrected chi connectivity index (χ4v) is 3.76. The molecule has 0 spiro atoms. The molecule has 0 aliphatic heterocycles. The molecule has 2 rings (SSSR count). The Balaban J connectivity index is 2.16. The Kier molecular flexibility index (Phi) is 3.60. The highest BCUT2D eigenvalue weighted by molar-refractivity contribution is 7.91. The van der Waals surface area contributed by atoms with E-state index in [1.165, 1.54) is 0 Å². The molecule has 0 aromatic carbocycles. The van der Waals surface area contributed by atoms with E-state index >= 15 is 0 Å². The van der Waals surface area contributed by atoms with E-state index < -0.39 is 10.0 Å². The monoisotopic (exact) mass is 284 g/mol. The van der Waals surface area contributed by atoms with Crippen molar-refractivity contribution < 1.29 is 8.42 Å². The molecule has 0 aliphatic carbocycles. The van der Waals surface area contributed by atoms with E-state index in [0.717, 1.165) is 16.9 Å². The molecule has 0 atom stereocenters. The number of nitrogens with one attached hydrogen (secondary N) is 1. The van der Waals surface area contributed by atoms with Gasteiger partial charge in [0.15, 0.2) is 9.34 Å². The first-order chi connectivity index (χ1) is 8.49. The van der Waals surface area contributed by atoms with Gasteiger partial charge in [0.2, 0.25) is 0 Å². The van der Waals surface area contributed by atoms with Crippen LogP contribution in [0.25, 0.3) is 0 Å². The first-order valence-electron chi connectivity index (χ1n) is 5.10. The first kappa shape index (κ1) is 12.9. The third-order valence-electron chi connectivity index (χ3n) is 2.20. The Morgan fingerprint density at radius 3 is 2.83 bits per heavy atom. The molecule has 18 heavy (non-hydrogen) atoms. The Hall–Kier alpha value is -1.51. The summed E-state index contributed by atoms with van der Waals surface area (Å²) in [4.78, 5) is 7.81. The summed E-state index contributed by atoms with van der Waals surface area (Å²) in [5, 5.41) is 0.245. The Morgan fingerprint density at radius 1 is 1.50 bits per heavy atom. The van der Waals surface area contributed by atoms with Crippen LogP contribution >= 0.6 is 11.3 Å². The lowest BCUT2D eigenvalue weighted by Gasteiger charge is -2.04. The van der Waals surface area contributed by atoms with Crippen molar-refractivity contribution in [2.75, 3.05) is 5.73 Å². The van der Waals surface area contributed by atoms with Crippen molar-refractivity contribution in [1.82, 2.24) is 14.7 Å². The van der Waals surface area contributed by atoms with Crippen molar-refractivity contribution in [3.05, 3.63) is 35.8 Å². The highest BCUT2D eigenvalue weighted by atomic mass is 32.2. The number of hydrogen-bond donors (Lipinski definition) is 2. The van der Waals surface area contributed by atoms with Crippen molar-refractivity contribution in [3.8, 4) is 0 Å². The number of hydrogen-bond acceptors (Lipinski definition) is 6. The number of nitrogens with two attached hydrogens (primary N) is 1. The number of aryl methyl sites for hydroxylation is 1. The third kappa shape index (κ3) is 2.84. The van der Waals surface area contributed by atoms with Gasteiger partial charge in [-0.3, -0.25) is 4.98 Å². The maximum Gasteiger partial charge on any atom is 0.252 e. The van der Waals surface area contributed by atoms with Crippen LogP contribution in [-0.2, 0) is 16.6 Å². The number of thiazole rings is 1. The quantitative estimate of drug-likeness (QED) is 0.869. The van der Waals surface area contributed by atoms with Gasteiger partial charge in [0.1, 0.15) is 0 Å². The standard InChI is InChI=1S/C10H12N4O2S2/c1-7-9(17-10(11)14-7)18(15,16)13-6-8-3-2-4-12-5-8/h2-5,13H,6H2,1H3,(H2,11,14). The number of rotatable bonds is 4. The number of anilines is 1. The summed E-state index contributed by atoms with van der Waals surface area (Å²) >= 11 is 0.957. The van der Waals surface area contributed by atoms with Crippen LogP contribution in [-0.4, -0.2) is 18.4 Å². The predicted octanol–water partition coefficient (Wildman–Crippen LogP) is 0.907. The molecule has 0 aliphatic rings. The highest BCUT2D eigenvalue weighted by Gasteiger charge is 2.20. The molecular formula is C10H12N4O2S2. The molecule has 0 unspecified atom stereocenters. The van der Waals surface area contributed by atoms with Gasteiger partial charge in [-0.05, 0) is 18.6 Å². The lowest BCUT2D eigenvalue weighted by Crippen LogP contribution is -2.23. The Bertz CT molecular complexity index is 637. The molecule has 0 radical (unpaired) electrons. The molecule has 8 heteroatoms. The molecule has 0 bridgehead atoms. The van der Waals surface area contributed by atoms with Crippen LogP contribution in [0.3, 0.4) is 0 Å². The minimum absolute atomic E-state index is 0.156. The molecular weight excluding hydrogens is 272 g/mol. The summed E-state index contributed by atoms with van der Waals surface area (Å²) in [6.07, 6.45) is 3.24. The van der Waals surface area contributed by atoms with E-state index in [-0.39, 0.29) is 15.9 Å². The van der Waals surface area contributed by atoms with Crippen molar-refractivity contribution in [2.24, 2.45) is 0 Å². The van der Waals surface area contributed by atoms with Crippen molar-refractivity contribution in [3.63, 3.8) is 0 Å². The average Bonchev–Trinajstić information content (AvgIpc) is 2.68. The zero-order valence-electron chi connectivity index (χ0n) is 9.62. The second-order valence-corrected chi connectivity index (χ2v) is 6.60. The van der Waals surface area contributed by atoms with E-state index in [1.807, 2.05) is 0 Å². The zero-order chi connectivity index (χ0) is 13.2. The van der Waals surface area contributed by atoms with E-state index in [1.54, 1.807) is 31.5 Å². The van der Waals surface area contributed by atoms with Crippen molar-refractivity contribution in [2.45, 2.75) is 17.7 Å². The molecule has 6 nitrogen and oxygen atoms in total. The second kappa shape index (κ2) is 5.01. The molecule has 0 amide bonds. The summed E-state index contributed by atoms with van der Waals surface area (Å²) < 4.78 is 26.7. The van der Waals surface area contributed by atoms with Crippen LogP contribution in [0, 0.1) is 6.92 Å². The fraction of sp³-hybridized carbons (Fsp3) is 0.200. The van der Waals surface area contributed by atoms with E-state index in [2.05, 4.69) is 14.7 Å². The number of nitrogen functional groups attached to an aromatic ring is 1. The van der Waals surface area contributed by atoms with E-state index in [4.69, 9.17) is 5.73 Å². The lowest BCUT2D eigenvalue weighted by atomic mass is 10.3. The first-order valence-corrected chi connectivity index (χ1v) is 7.40. The normalized spacial score (nSPS) is 11.6. The van der Waals surface area contributed by atoms with Gasteiger partial charge in [-0.1, -0.05) is 17.4 Å². The van der Waals surface area contributed by atoms with Gasteiger partial charge in [-0.2, -0.15) is 0 Å². The molecule has 2 heterocycles. The van der Waals surface area contributed by atoms with Gasteiger partial charge in [0.05, 0.1) is 5.69 Å². The SMILES string of the molecule is Cc1nc(N)sc1S(=O)(=O)NCc1cccnc1. The van der Waals surface area contributed by atoms with Crippen molar-refractivity contribution in [1.29, 1.82) is 0 Å². The van der Waals surface area contributed by atoms with E-state index in [9.17, 15) is 8.42 Å². The van der Waals surface area contributed by atoms with Gasteiger partial charge in [0, 0.05) is 18.9 Å². The molecule has 3 N–H and O–H groups in total. The fourth-order valence-electron chi connectivity index (χ4n) is 1.40. The number of nitrogens with zero attached hydrogens (tertiary/aromatic N) is 2. The molecule has 2 aromatic rings. The zero-order valence-corrected chi connectivity index (χ0v) is 11.3. The van der Waals surface area contributed by atoms with Crippen LogP contribution in [0.5, 0.6) is 0 Å². The molecule has 96 valence electrons. The highest BCUT2D eigenvalue weighted by Crippen LogP contribution is 2.24. The van der Waals surface area contributed by atoms with Crippen LogP contribution in [0.1, 0.15) is 11.3 Å². The molecule has 0 saturated heterocycles. The molecule has 0 fully saturated rings. The number of sulfonamides is 1. The topological polar surface area (TPSA) is 98.0 Å². The van der Waals surface area contributed by atoms with Gasteiger partial charge in [0.25, 0.3) is 10.0 Å². The largest absolute Gasteiger partial charge is 0.375 e. The van der Waals surface area contributed by atoms with E-state index in [0.29, 0.717) is 5.69 Å². The summed E-state index contributed by atoms with van der Waals surface area (Å²) in [5.74, 6) is 0. The van der Waals surface area contributed by atoms with Gasteiger partial charge >= 0.3 is 0 Å². The summed E-state index contributed by atoms with van der Waals surface area (Å²) in [5.41, 5.74) is 6.69. The van der Waals surface area contributed by atoms with Crippen LogP contribution < -0.4 is 10.5 Å². The second-order valence-electron chi connectivity index (χ2n) is 3.61. The maximum absolute atomic E-state index is 12.0. The van der Waals surface area contributed by atoms with Gasteiger partial charge < -0.3 is 5.73 Å². The molecule has 0 saturated carbocycles. The average molecular weight is 284 g/mol. The predicted molar refractivity (Wildman–Crippen MR) is 69.5 cm³/mol. The van der Waals surface area contributed by atoms with Crippen LogP contribution in [0.4, 0.5) is 5.13 Å². The number of aromatic nitrogens is 2. The lowest BCUT2D eigenvalue weighted by molar-refractivity contribution is 0.582. The Labute approximate surface area is 109 Å². The van der Waals surface area contributed by atoms with Crippen LogP contribution in [0.15, 0.2) is 28.7 Å². The smallest absolute Gasteiger partial charge is 0.252 e. The third-order valence-corrected chi connectivity index (χ3v) is 5.20. The Morgan fingerprint density at radius 2 is 2.28 bits per heavy atom. The minimum atomic E-state index is -3.57. The van der Waals surface area contributed by atoms with Gasteiger partial charge in [-0.25, -0.2) is 18.1 Å². The summed E-state index contributed by atoms with van der Waals surface area (Å²) in [7, 11) is -3.57. The summed E-state index contributed by atoms with van der Waals surface area (Å²) in [6, 6.07) is 3.54. The molecule has 2 aromatic heterocycles.